The second kappa shape index (κ2) is 7.66. The normalized spacial score (nSPS) is 22.1. The summed E-state index contributed by atoms with van der Waals surface area (Å²) < 4.78 is 5.16. The molecule has 1 aromatic heterocycles. The highest BCUT2D eigenvalue weighted by Gasteiger charge is 2.30. The summed E-state index contributed by atoms with van der Waals surface area (Å²) in [5, 5.41) is 12.5. The average molecular weight is 387 g/mol. The summed E-state index contributed by atoms with van der Waals surface area (Å²) in [5.41, 5.74) is 2.41. The molecule has 2 aromatic rings. The van der Waals surface area contributed by atoms with Gasteiger partial charge in [0.05, 0.1) is 18.8 Å². The summed E-state index contributed by atoms with van der Waals surface area (Å²) in [4.78, 5) is 30.8. The fourth-order valence-corrected chi connectivity index (χ4v) is 4.67. The number of carboxylic acids is 1. The summed E-state index contributed by atoms with van der Waals surface area (Å²) in [5.74, 6) is -0.567. The quantitative estimate of drug-likeness (QED) is 0.845. The molecule has 2 unspecified atom stereocenters. The van der Waals surface area contributed by atoms with Crippen LogP contribution in [0.5, 0.6) is 0 Å². The Bertz CT molecular complexity index is 839. The molecule has 0 bridgehead atoms. The van der Waals surface area contributed by atoms with Crippen molar-refractivity contribution >= 4 is 28.5 Å². The molecule has 0 radical (unpaired) electrons. The van der Waals surface area contributed by atoms with Gasteiger partial charge in [-0.3, -0.25) is 5.32 Å². The van der Waals surface area contributed by atoms with E-state index in [1.165, 1.54) is 26.7 Å². The number of aliphatic carboxylic acids is 1. The first kappa shape index (κ1) is 17.9. The van der Waals surface area contributed by atoms with Crippen molar-refractivity contribution in [2.75, 3.05) is 25.0 Å². The van der Waals surface area contributed by atoms with Gasteiger partial charge in [0.15, 0.2) is 11.2 Å². The van der Waals surface area contributed by atoms with Crippen LogP contribution in [0.3, 0.4) is 0 Å². The highest BCUT2D eigenvalue weighted by atomic mass is 32.1. The van der Waals surface area contributed by atoms with Crippen LogP contribution in [0.15, 0.2) is 30.3 Å². The molecule has 27 heavy (non-hydrogen) atoms. The van der Waals surface area contributed by atoms with Crippen molar-refractivity contribution in [2.24, 2.45) is 0 Å². The summed E-state index contributed by atoms with van der Waals surface area (Å²) >= 11 is 1.52. The first-order valence-corrected chi connectivity index (χ1v) is 9.85. The molecule has 2 aliphatic rings. The highest BCUT2D eigenvalue weighted by molar-refractivity contribution is 7.15. The Hall–Kier alpha value is -2.45. The molecule has 2 amide bonds. The van der Waals surface area contributed by atoms with Crippen molar-refractivity contribution in [3.8, 4) is 0 Å². The van der Waals surface area contributed by atoms with E-state index in [2.05, 4.69) is 34.6 Å². The number of rotatable bonds is 3. The van der Waals surface area contributed by atoms with E-state index in [4.69, 9.17) is 9.84 Å². The standard InChI is InChI=1S/C19H21N3O4S/c23-17(24)15-11-22(8-9-26-15)19(25)21-18-20-14-7-6-13(10-16(14)27-18)12-4-2-1-3-5-12/h1-5,13,15H,6-11H2,(H,23,24)(H,20,21,25). The predicted octanol–water partition coefficient (Wildman–Crippen LogP) is 2.73. The third-order valence-electron chi connectivity index (χ3n) is 5.05. The van der Waals surface area contributed by atoms with E-state index >= 15 is 0 Å². The second-order valence-corrected chi connectivity index (χ2v) is 7.90. The molecule has 2 heterocycles. The lowest BCUT2D eigenvalue weighted by molar-refractivity contribution is -0.154. The van der Waals surface area contributed by atoms with Crippen LogP contribution in [0.2, 0.25) is 0 Å². The lowest BCUT2D eigenvalue weighted by atomic mass is 9.85. The smallest absolute Gasteiger partial charge is 0.334 e. The molecule has 7 nitrogen and oxygen atoms in total. The first-order chi connectivity index (χ1) is 13.1. The molecular formula is C19H21N3O4S. The topological polar surface area (TPSA) is 91.8 Å². The SMILES string of the molecule is O=C(O)C1CN(C(=O)Nc2nc3c(s2)CC(c2ccccc2)CC3)CCO1. The number of morpholine rings is 1. The van der Waals surface area contributed by atoms with E-state index in [-0.39, 0.29) is 19.2 Å². The van der Waals surface area contributed by atoms with Crippen molar-refractivity contribution in [3.05, 3.63) is 46.5 Å². The van der Waals surface area contributed by atoms with Crippen LogP contribution in [0.4, 0.5) is 9.93 Å². The number of aryl methyl sites for hydroxylation is 1. The van der Waals surface area contributed by atoms with E-state index in [9.17, 15) is 9.59 Å². The minimum absolute atomic E-state index is 0.0440. The lowest BCUT2D eigenvalue weighted by Gasteiger charge is -2.30. The van der Waals surface area contributed by atoms with Crippen molar-refractivity contribution in [3.63, 3.8) is 0 Å². The number of hydrogen-bond donors (Lipinski definition) is 2. The molecule has 1 aromatic carbocycles. The molecule has 0 spiro atoms. The number of anilines is 1. The minimum atomic E-state index is -1.05. The van der Waals surface area contributed by atoms with Gasteiger partial charge >= 0.3 is 12.0 Å². The van der Waals surface area contributed by atoms with E-state index in [0.29, 0.717) is 17.6 Å². The molecule has 1 fully saturated rings. The molecule has 0 saturated carbocycles. The van der Waals surface area contributed by atoms with Crippen molar-refractivity contribution in [1.82, 2.24) is 9.88 Å². The van der Waals surface area contributed by atoms with Crippen LogP contribution < -0.4 is 5.32 Å². The fraction of sp³-hybridized carbons (Fsp3) is 0.421. The van der Waals surface area contributed by atoms with Gasteiger partial charge in [-0.25, -0.2) is 14.6 Å². The van der Waals surface area contributed by atoms with Crippen LogP contribution in [-0.2, 0) is 22.4 Å². The Morgan fingerprint density at radius 3 is 2.89 bits per heavy atom. The number of nitrogens with one attached hydrogen (secondary N) is 1. The van der Waals surface area contributed by atoms with E-state index in [1.807, 2.05) is 6.07 Å². The maximum absolute atomic E-state index is 12.5. The number of benzene rings is 1. The average Bonchev–Trinajstić information content (AvgIpc) is 3.10. The minimum Gasteiger partial charge on any atom is -0.479 e. The highest BCUT2D eigenvalue weighted by Crippen LogP contribution is 2.37. The van der Waals surface area contributed by atoms with Crippen LogP contribution in [0.25, 0.3) is 0 Å². The molecule has 4 rings (SSSR count). The van der Waals surface area contributed by atoms with Gasteiger partial charge < -0.3 is 14.7 Å². The number of thiazole rings is 1. The molecular weight excluding hydrogens is 366 g/mol. The second-order valence-electron chi connectivity index (χ2n) is 6.81. The molecule has 142 valence electrons. The van der Waals surface area contributed by atoms with Gasteiger partial charge in [0.2, 0.25) is 0 Å². The van der Waals surface area contributed by atoms with Gasteiger partial charge in [-0.1, -0.05) is 30.3 Å². The third kappa shape index (κ3) is 3.96. The lowest BCUT2D eigenvalue weighted by Crippen LogP contribution is -2.49. The fourth-order valence-electron chi connectivity index (χ4n) is 3.59. The van der Waals surface area contributed by atoms with Crippen LogP contribution in [0.1, 0.15) is 28.5 Å². The number of carboxylic acid groups (broad SMARTS) is 1. The van der Waals surface area contributed by atoms with Crippen molar-refractivity contribution in [2.45, 2.75) is 31.3 Å². The maximum Gasteiger partial charge on any atom is 0.334 e. The Morgan fingerprint density at radius 1 is 1.30 bits per heavy atom. The molecule has 2 N–H and O–H groups in total. The van der Waals surface area contributed by atoms with E-state index in [1.54, 1.807) is 0 Å². The van der Waals surface area contributed by atoms with Gasteiger partial charge in [-0.05, 0) is 30.7 Å². The number of amides is 2. The Balaban J connectivity index is 1.41. The number of carbonyl (C=O) groups is 2. The zero-order chi connectivity index (χ0) is 18.8. The van der Waals surface area contributed by atoms with Crippen molar-refractivity contribution < 1.29 is 19.4 Å². The number of nitrogens with zero attached hydrogens (tertiary/aromatic N) is 2. The van der Waals surface area contributed by atoms with Gasteiger partial charge in [0.1, 0.15) is 0 Å². The number of ether oxygens (including phenoxy) is 1. The zero-order valence-electron chi connectivity index (χ0n) is 14.8. The largest absolute Gasteiger partial charge is 0.479 e. The number of hydrogen-bond acceptors (Lipinski definition) is 5. The number of carbonyl (C=O) groups excluding carboxylic acids is 1. The summed E-state index contributed by atoms with van der Waals surface area (Å²) in [6.45, 7) is 0.636. The monoisotopic (exact) mass is 387 g/mol. The van der Waals surface area contributed by atoms with Gasteiger partial charge in [-0.15, -0.1) is 11.3 Å². The van der Waals surface area contributed by atoms with Crippen molar-refractivity contribution in [1.29, 1.82) is 0 Å². The molecule has 8 heteroatoms. The van der Waals surface area contributed by atoms with Gasteiger partial charge in [0, 0.05) is 11.4 Å². The predicted molar refractivity (Wildman–Crippen MR) is 101 cm³/mol. The molecule has 1 aliphatic heterocycles. The summed E-state index contributed by atoms with van der Waals surface area (Å²) in [6, 6.07) is 10.2. The Morgan fingerprint density at radius 2 is 2.11 bits per heavy atom. The summed E-state index contributed by atoms with van der Waals surface area (Å²) in [6.07, 6.45) is 1.92. The van der Waals surface area contributed by atoms with E-state index in [0.717, 1.165) is 25.0 Å². The van der Waals surface area contributed by atoms with Crippen LogP contribution in [0, 0.1) is 0 Å². The first-order valence-electron chi connectivity index (χ1n) is 9.04. The Kier molecular flexibility index (Phi) is 5.09. The van der Waals surface area contributed by atoms with Crippen LogP contribution >= 0.6 is 11.3 Å². The maximum atomic E-state index is 12.5. The molecule has 1 aliphatic carbocycles. The number of urea groups is 1. The number of fused-ring (bicyclic) bond motifs is 1. The number of aromatic nitrogens is 1. The summed E-state index contributed by atoms with van der Waals surface area (Å²) in [7, 11) is 0. The molecule has 2 atom stereocenters. The van der Waals surface area contributed by atoms with Gasteiger partial charge in [0.25, 0.3) is 0 Å². The zero-order valence-corrected chi connectivity index (χ0v) is 15.6. The Labute approximate surface area is 161 Å². The van der Waals surface area contributed by atoms with Gasteiger partial charge in [-0.2, -0.15) is 0 Å². The van der Waals surface area contributed by atoms with Crippen LogP contribution in [-0.4, -0.2) is 52.8 Å². The molecule has 1 saturated heterocycles. The third-order valence-corrected chi connectivity index (χ3v) is 6.09. The van der Waals surface area contributed by atoms with E-state index < -0.39 is 12.1 Å².